The van der Waals surface area contributed by atoms with Crippen LogP contribution in [0.5, 0.6) is 5.75 Å². The number of pyridine rings is 1. The number of carbonyl (C=O) groups is 1. The van der Waals surface area contributed by atoms with E-state index in [4.69, 9.17) is 14.2 Å². The molecule has 0 N–H and O–H groups in total. The highest BCUT2D eigenvalue weighted by atomic mass is 32.1. The molecule has 5 rings (SSSR count). The van der Waals surface area contributed by atoms with Gasteiger partial charge in [-0.15, -0.1) is 11.3 Å². The molecule has 0 saturated carbocycles. The van der Waals surface area contributed by atoms with E-state index < -0.39 is 6.16 Å². The van der Waals surface area contributed by atoms with E-state index in [1.165, 1.54) is 26.4 Å². The molecule has 0 atom stereocenters. The maximum Gasteiger partial charge on any atom is 0.510 e. The van der Waals surface area contributed by atoms with Crippen LogP contribution in [0, 0.1) is 0 Å². The molecule has 0 radical (unpaired) electrons. The van der Waals surface area contributed by atoms with Gasteiger partial charge in [0, 0.05) is 54.1 Å². The van der Waals surface area contributed by atoms with Gasteiger partial charge < -0.3 is 19.1 Å². The molecule has 0 spiro atoms. The van der Waals surface area contributed by atoms with Gasteiger partial charge >= 0.3 is 6.16 Å². The minimum absolute atomic E-state index is 0.208. The van der Waals surface area contributed by atoms with Gasteiger partial charge in [0.05, 0.1) is 18.7 Å². The second-order valence-corrected chi connectivity index (χ2v) is 11.0. The van der Waals surface area contributed by atoms with Crippen LogP contribution in [0.25, 0.3) is 21.0 Å². The van der Waals surface area contributed by atoms with Gasteiger partial charge in [-0.05, 0) is 73.0 Å². The molecule has 0 unspecified atom stereocenters. The molecule has 0 amide bonds. The van der Waals surface area contributed by atoms with E-state index in [-0.39, 0.29) is 12.3 Å². The molecule has 3 heterocycles. The maximum absolute atomic E-state index is 12.5. The smallest absolute Gasteiger partial charge is 0.494 e. The van der Waals surface area contributed by atoms with E-state index in [9.17, 15) is 9.59 Å². The summed E-state index contributed by atoms with van der Waals surface area (Å²) >= 11 is 1.80. The van der Waals surface area contributed by atoms with Crippen LogP contribution in [0.1, 0.15) is 32.6 Å². The number of fused-ring (bicyclic) bond motifs is 2. The molecule has 9 heteroatoms. The van der Waals surface area contributed by atoms with E-state index in [1.807, 2.05) is 25.1 Å². The van der Waals surface area contributed by atoms with Crippen molar-refractivity contribution in [2.45, 2.75) is 39.3 Å². The number of hydrogen-bond acceptors (Lipinski definition) is 8. The van der Waals surface area contributed by atoms with Crippen molar-refractivity contribution < 1.29 is 19.0 Å². The number of ether oxygens (including phenoxy) is 3. The summed E-state index contributed by atoms with van der Waals surface area (Å²) in [5.74, 6) is 0.689. The van der Waals surface area contributed by atoms with Crippen LogP contribution >= 0.6 is 11.3 Å². The molecule has 8 nitrogen and oxygen atoms in total. The van der Waals surface area contributed by atoms with Crippen LogP contribution in [-0.2, 0) is 16.2 Å². The number of carbonyl (C=O) groups excluding carboxylic acids is 1. The third kappa shape index (κ3) is 6.95. The minimum atomic E-state index is -0.772. The van der Waals surface area contributed by atoms with E-state index in [0.29, 0.717) is 24.5 Å². The first-order valence-electron chi connectivity index (χ1n) is 14.1. The quantitative estimate of drug-likeness (QED) is 0.152. The normalized spacial score (nSPS) is 14.1. The van der Waals surface area contributed by atoms with Gasteiger partial charge in [0.25, 0.3) is 5.56 Å². The SMILES string of the molecule is CCCCOC(=O)OCn1c(=O)ccc2ccc(OCCCCN3CCN(c4cccc5sccc45)CC3)cc21. The van der Waals surface area contributed by atoms with Crippen LogP contribution < -0.4 is 15.2 Å². The summed E-state index contributed by atoms with van der Waals surface area (Å²) in [4.78, 5) is 29.4. The number of unbranched alkanes of at least 4 members (excludes halogenated alkanes) is 2. The molecular formula is C31H37N3O5S. The van der Waals surface area contributed by atoms with E-state index in [1.54, 1.807) is 17.4 Å². The molecular weight excluding hydrogens is 526 g/mol. The number of rotatable bonds is 12. The van der Waals surface area contributed by atoms with Gasteiger partial charge in [0.2, 0.25) is 0 Å². The van der Waals surface area contributed by atoms with Crippen molar-refractivity contribution in [1.82, 2.24) is 9.47 Å². The average molecular weight is 564 g/mol. The lowest BCUT2D eigenvalue weighted by Crippen LogP contribution is -2.46. The Morgan fingerprint density at radius 3 is 2.62 bits per heavy atom. The highest BCUT2D eigenvalue weighted by Crippen LogP contribution is 2.31. The Labute approximate surface area is 238 Å². The summed E-state index contributed by atoms with van der Waals surface area (Å²) in [7, 11) is 0. The van der Waals surface area contributed by atoms with Crippen molar-refractivity contribution >= 4 is 44.2 Å². The Balaban J connectivity index is 1.07. The van der Waals surface area contributed by atoms with E-state index in [2.05, 4.69) is 39.4 Å². The van der Waals surface area contributed by atoms with Crippen molar-refractivity contribution in [3.8, 4) is 5.75 Å². The Morgan fingerprint density at radius 1 is 0.925 bits per heavy atom. The zero-order chi connectivity index (χ0) is 27.7. The van der Waals surface area contributed by atoms with Crippen molar-refractivity contribution in [1.29, 1.82) is 0 Å². The van der Waals surface area contributed by atoms with Gasteiger partial charge in [-0.25, -0.2) is 4.79 Å². The fourth-order valence-electron chi connectivity index (χ4n) is 5.04. The summed E-state index contributed by atoms with van der Waals surface area (Å²) < 4.78 is 19.0. The van der Waals surface area contributed by atoms with Crippen molar-refractivity contribution in [2.24, 2.45) is 0 Å². The summed E-state index contributed by atoms with van der Waals surface area (Å²) in [5, 5.41) is 4.40. The predicted molar refractivity (Wildman–Crippen MR) is 161 cm³/mol. The summed E-state index contributed by atoms with van der Waals surface area (Å²) in [6, 6.07) is 17.7. The third-order valence-electron chi connectivity index (χ3n) is 7.32. The molecule has 4 aromatic rings. The van der Waals surface area contributed by atoms with Crippen molar-refractivity contribution in [2.75, 3.05) is 50.8 Å². The Hall–Kier alpha value is -3.56. The van der Waals surface area contributed by atoms with Crippen LogP contribution in [0.15, 0.2) is 64.8 Å². The zero-order valence-corrected chi connectivity index (χ0v) is 23.9. The Bertz CT molecular complexity index is 1470. The van der Waals surface area contributed by atoms with E-state index in [0.717, 1.165) is 63.8 Å². The molecule has 212 valence electrons. The fraction of sp³-hybridized carbons (Fsp3) is 0.419. The largest absolute Gasteiger partial charge is 0.510 e. The standard InChI is InChI=1S/C31H37N3O5S/c1-2-3-19-38-31(36)39-23-34-28-22-25(11-9-24(28)10-12-30(34)35)37-20-5-4-14-32-15-17-33(18-16-32)27-7-6-8-29-26(27)13-21-40-29/h6-13,21-22H,2-5,14-20,23H2,1H3. The number of piperazine rings is 1. The fourth-order valence-corrected chi connectivity index (χ4v) is 5.85. The van der Waals surface area contributed by atoms with Crippen LogP contribution in [0.4, 0.5) is 10.5 Å². The molecule has 1 saturated heterocycles. The summed E-state index contributed by atoms with van der Waals surface area (Å²) in [6.07, 6.45) is 2.93. The molecule has 1 aliphatic heterocycles. The average Bonchev–Trinajstić information content (AvgIpc) is 3.46. The maximum atomic E-state index is 12.5. The number of hydrogen-bond donors (Lipinski definition) is 0. The highest BCUT2D eigenvalue weighted by molar-refractivity contribution is 7.17. The van der Waals surface area contributed by atoms with Gasteiger partial charge in [0.15, 0.2) is 6.73 Å². The second-order valence-electron chi connectivity index (χ2n) is 10.0. The predicted octanol–water partition coefficient (Wildman–Crippen LogP) is 6.11. The molecule has 0 bridgehead atoms. The molecule has 0 aliphatic carbocycles. The molecule has 40 heavy (non-hydrogen) atoms. The Kier molecular flexibility index (Phi) is 9.57. The van der Waals surface area contributed by atoms with Crippen LogP contribution in [-0.4, -0.2) is 61.6 Å². The number of aromatic nitrogens is 1. The lowest BCUT2D eigenvalue weighted by atomic mass is 10.2. The van der Waals surface area contributed by atoms with Gasteiger partial charge in [-0.1, -0.05) is 19.4 Å². The third-order valence-corrected chi connectivity index (χ3v) is 8.20. The number of anilines is 1. The van der Waals surface area contributed by atoms with E-state index >= 15 is 0 Å². The first-order chi connectivity index (χ1) is 19.6. The monoisotopic (exact) mass is 563 g/mol. The first-order valence-corrected chi connectivity index (χ1v) is 15.0. The number of thiophene rings is 1. The summed E-state index contributed by atoms with van der Waals surface area (Å²) in [5.41, 5.74) is 1.76. The molecule has 1 fully saturated rings. The van der Waals surface area contributed by atoms with Crippen LogP contribution in [0.2, 0.25) is 0 Å². The second kappa shape index (κ2) is 13.7. The molecule has 1 aliphatic rings. The number of nitrogens with zero attached hydrogens (tertiary/aromatic N) is 3. The summed E-state index contributed by atoms with van der Waals surface area (Å²) in [6.45, 7) is 8.00. The zero-order valence-electron chi connectivity index (χ0n) is 23.0. The van der Waals surface area contributed by atoms with Gasteiger partial charge in [-0.2, -0.15) is 0 Å². The lowest BCUT2D eigenvalue weighted by molar-refractivity contribution is 0.0334. The van der Waals surface area contributed by atoms with Crippen LogP contribution in [0.3, 0.4) is 0 Å². The van der Waals surface area contributed by atoms with Gasteiger partial charge in [0.1, 0.15) is 5.75 Å². The number of benzene rings is 2. The topological polar surface area (TPSA) is 73.2 Å². The minimum Gasteiger partial charge on any atom is -0.494 e. The van der Waals surface area contributed by atoms with Crippen molar-refractivity contribution in [3.05, 3.63) is 70.3 Å². The molecule has 2 aromatic carbocycles. The molecule has 2 aromatic heterocycles. The first kappa shape index (κ1) is 28.0. The van der Waals surface area contributed by atoms with Crippen molar-refractivity contribution in [3.63, 3.8) is 0 Å². The highest BCUT2D eigenvalue weighted by Gasteiger charge is 2.18. The van der Waals surface area contributed by atoms with Gasteiger partial charge in [-0.3, -0.25) is 14.3 Å². The Morgan fingerprint density at radius 2 is 1.77 bits per heavy atom. The lowest BCUT2D eigenvalue weighted by Gasteiger charge is -2.36.